The first-order valence-corrected chi connectivity index (χ1v) is 20.0. The number of nitriles is 2. The smallest absolute Gasteiger partial charge is 0.232 e. The van der Waals surface area contributed by atoms with Gasteiger partial charge in [0.25, 0.3) is 0 Å². The molecule has 0 N–H and O–H groups in total. The average Bonchev–Trinajstić information content (AvgIpc) is 3.28. The van der Waals surface area contributed by atoms with Crippen LogP contribution in [0.15, 0.2) is 93.9 Å². The molecule has 0 aliphatic rings. The van der Waals surface area contributed by atoms with Gasteiger partial charge in [0.15, 0.2) is 23.0 Å². The molecule has 0 bridgehead atoms. The zero-order chi connectivity index (χ0) is 43.3. The SMILES string of the molecule is CCOc1nc(-c2ccc(Br)cc2)cc(-c2cc(OC)c(OC)cc2OC)c1C#N.CCOc1nc(-c2ccc(Br)cc2)cc(-c2cc(OC)c(OC)cc2OC)c1C#N. The Bertz CT molecular complexity index is 2360. The third kappa shape index (κ3) is 9.85. The lowest BCUT2D eigenvalue weighted by Crippen LogP contribution is -2.02. The van der Waals surface area contributed by atoms with Crippen LogP contribution in [0.2, 0.25) is 0 Å². The molecule has 12 nitrogen and oxygen atoms in total. The molecule has 0 unspecified atom stereocenters. The number of aromatic nitrogens is 2. The van der Waals surface area contributed by atoms with Crippen LogP contribution in [-0.2, 0) is 0 Å². The van der Waals surface area contributed by atoms with E-state index in [0.29, 0.717) is 92.5 Å². The molecule has 0 saturated carbocycles. The Morgan fingerprint density at radius 2 is 0.767 bits per heavy atom. The van der Waals surface area contributed by atoms with E-state index in [-0.39, 0.29) is 11.8 Å². The zero-order valence-corrected chi connectivity index (χ0v) is 37.5. The topological polar surface area (TPSA) is 147 Å². The minimum atomic E-state index is 0.271. The summed E-state index contributed by atoms with van der Waals surface area (Å²) in [5.41, 5.74) is 6.40. The van der Waals surface area contributed by atoms with Gasteiger partial charge in [-0.15, -0.1) is 0 Å². The van der Waals surface area contributed by atoms with Gasteiger partial charge in [0.05, 0.1) is 67.3 Å². The van der Waals surface area contributed by atoms with Gasteiger partial charge in [0.1, 0.15) is 34.8 Å². The van der Waals surface area contributed by atoms with Gasteiger partial charge in [-0.2, -0.15) is 10.5 Å². The summed E-state index contributed by atoms with van der Waals surface area (Å²) in [4.78, 5) is 9.19. The standard InChI is InChI=1S/2C23H21BrN2O4/c2*1-5-30-23-18(13-25)16(10-19(26-23)14-6-8-15(24)9-7-14)17-11-21(28-3)22(29-4)12-20(17)27-2/h2*6-12H,5H2,1-4H3. The molecule has 6 rings (SSSR count). The number of ether oxygens (including phenoxy) is 8. The summed E-state index contributed by atoms with van der Waals surface area (Å²) in [6.07, 6.45) is 0. The number of methoxy groups -OCH3 is 6. The largest absolute Gasteiger partial charge is 0.496 e. The maximum Gasteiger partial charge on any atom is 0.232 e. The van der Waals surface area contributed by atoms with E-state index in [4.69, 9.17) is 37.9 Å². The molecule has 0 fully saturated rings. The number of hydrogen-bond acceptors (Lipinski definition) is 12. The molecule has 0 spiro atoms. The predicted octanol–water partition coefficient (Wildman–Crippen LogP) is 10.9. The van der Waals surface area contributed by atoms with Gasteiger partial charge in [-0.3, -0.25) is 0 Å². The number of nitrogens with zero attached hydrogens (tertiary/aromatic N) is 4. The average molecular weight is 939 g/mol. The second-order valence-electron chi connectivity index (χ2n) is 12.4. The van der Waals surface area contributed by atoms with Crippen molar-refractivity contribution >= 4 is 31.9 Å². The molecule has 2 aromatic heterocycles. The quantitative estimate of drug-likeness (QED) is 0.102. The Labute approximate surface area is 366 Å². The highest BCUT2D eigenvalue weighted by atomic mass is 79.9. The third-order valence-corrected chi connectivity index (χ3v) is 10.1. The first-order chi connectivity index (χ1) is 29.1. The minimum Gasteiger partial charge on any atom is -0.496 e. The molecule has 4 aromatic carbocycles. The number of benzene rings is 4. The summed E-state index contributed by atoms with van der Waals surface area (Å²) >= 11 is 6.90. The molecule has 6 aromatic rings. The Morgan fingerprint density at radius 1 is 0.450 bits per heavy atom. The summed E-state index contributed by atoms with van der Waals surface area (Å²) < 4.78 is 46.2. The van der Waals surface area contributed by atoms with Crippen molar-refractivity contribution < 1.29 is 37.9 Å². The maximum atomic E-state index is 9.90. The normalized spacial score (nSPS) is 10.3. The number of hydrogen-bond donors (Lipinski definition) is 0. The summed E-state index contributed by atoms with van der Waals surface area (Å²) in [6.45, 7) is 4.47. The molecule has 0 aliphatic heterocycles. The van der Waals surface area contributed by atoms with Crippen LogP contribution in [0.3, 0.4) is 0 Å². The fourth-order valence-corrected chi connectivity index (χ4v) is 6.71. The fourth-order valence-electron chi connectivity index (χ4n) is 6.18. The van der Waals surface area contributed by atoms with Gasteiger partial charge in [-0.25, -0.2) is 9.97 Å². The maximum absolute atomic E-state index is 9.90. The van der Waals surface area contributed by atoms with E-state index >= 15 is 0 Å². The molecule has 0 saturated heterocycles. The van der Waals surface area contributed by atoms with Crippen LogP contribution in [-0.4, -0.2) is 65.8 Å². The molecule has 60 heavy (non-hydrogen) atoms. The number of pyridine rings is 2. The highest BCUT2D eigenvalue weighted by Crippen LogP contribution is 2.45. The predicted molar refractivity (Wildman–Crippen MR) is 237 cm³/mol. The van der Waals surface area contributed by atoms with E-state index in [2.05, 4.69) is 54.0 Å². The van der Waals surface area contributed by atoms with Crippen LogP contribution in [0.5, 0.6) is 46.3 Å². The molecule has 0 radical (unpaired) electrons. The van der Waals surface area contributed by atoms with Crippen LogP contribution in [0.4, 0.5) is 0 Å². The van der Waals surface area contributed by atoms with Gasteiger partial charge in [0, 0.05) is 54.5 Å². The minimum absolute atomic E-state index is 0.271. The molecule has 0 amide bonds. The van der Waals surface area contributed by atoms with Crippen LogP contribution in [0.1, 0.15) is 25.0 Å². The lowest BCUT2D eigenvalue weighted by Gasteiger charge is -2.17. The van der Waals surface area contributed by atoms with Crippen LogP contribution < -0.4 is 37.9 Å². The fraction of sp³-hybridized carbons (Fsp3) is 0.217. The number of halogens is 2. The van der Waals surface area contributed by atoms with E-state index in [1.54, 1.807) is 66.9 Å². The zero-order valence-electron chi connectivity index (χ0n) is 34.3. The summed E-state index contributed by atoms with van der Waals surface area (Å²) in [5, 5.41) is 19.8. The van der Waals surface area contributed by atoms with Crippen LogP contribution >= 0.6 is 31.9 Å². The molecular formula is C46H42Br2N4O8. The molecule has 0 aliphatic carbocycles. The highest BCUT2D eigenvalue weighted by molar-refractivity contribution is 9.10. The van der Waals surface area contributed by atoms with E-state index < -0.39 is 0 Å². The first kappa shape index (κ1) is 44.6. The van der Waals surface area contributed by atoms with Crippen molar-refractivity contribution in [2.75, 3.05) is 55.9 Å². The second-order valence-corrected chi connectivity index (χ2v) is 14.2. The summed E-state index contributed by atoms with van der Waals surface area (Å²) in [5.74, 6) is 3.74. The van der Waals surface area contributed by atoms with Gasteiger partial charge < -0.3 is 37.9 Å². The van der Waals surface area contributed by atoms with Crippen molar-refractivity contribution in [2.45, 2.75) is 13.8 Å². The number of rotatable bonds is 14. The van der Waals surface area contributed by atoms with Crippen molar-refractivity contribution in [3.05, 3.63) is 105 Å². The van der Waals surface area contributed by atoms with E-state index in [1.165, 1.54) is 0 Å². The molecule has 308 valence electrons. The van der Waals surface area contributed by atoms with Gasteiger partial charge >= 0.3 is 0 Å². The monoisotopic (exact) mass is 936 g/mol. The third-order valence-electron chi connectivity index (χ3n) is 9.03. The van der Waals surface area contributed by atoms with E-state index in [1.807, 2.05) is 74.5 Å². The van der Waals surface area contributed by atoms with Crippen molar-refractivity contribution in [1.82, 2.24) is 9.97 Å². The Morgan fingerprint density at radius 3 is 1.05 bits per heavy atom. The van der Waals surface area contributed by atoms with Crippen molar-refractivity contribution in [3.63, 3.8) is 0 Å². The van der Waals surface area contributed by atoms with Crippen molar-refractivity contribution in [1.29, 1.82) is 10.5 Å². The van der Waals surface area contributed by atoms with Gasteiger partial charge in [0.2, 0.25) is 11.8 Å². The van der Waals surface area contributed by atoms with E-state index in [0.717, 1.165) is 20.1 Å². The highest BCUT2D eigenvalue weighted by Gasteiger charge is 2.23. The van der Waals surface area contributed by atoms with E-state index in [9.17, 15) is 10.5 Å². The van der Waals surface area contributed by atoms with Crippen LogP contribution in [0.25, 0.3) is 44.8 Å². The van der Waals surface area contributed by atoms with Crippen LogP contribution in [0, 0.1) is 22.7 Å². The molecular weight excluding hydrogens is 896 g/mol. The van der Waals surface area contributed by atoms with Crippen molar-refractivity contribution in [3.8, 4) is 103 Å². The lowest BCUT2D eigenvalue weighted by atomic mass is 9.97. The lowest BCUT2D eigenvalue weighted by molar-refractivity contribution is 0.326. The Hall–Kier alpha value is -6.48. The second kappa shape index (κ2) is 21.0. The van der Waals surface area contributed by atoms with Gasteiger partial charge in [-0.1, -0.05) is 56.1 Å². The summed E-state index contributed by atoms with van der Waals surface area (Å²) in [7, 11) is 9.37. The Kier molecular flexibility index (Phi) is 15.6. The Balaban J connectivity index is 0.000000228. The van der Waals surface area contributed by atoms with Gasteiger partial charge in [-0.05, 0) is 62.4 Å². The molecule has 14 heteroatoms. The first-order valence-electron chi connectivity index (χ1n) is 18.4. The van der Waals surface area contributed by atoms with Crippen molar-refractivity contribution in [2.24, 2.45) is 0 Å². The molecule has 0 atom stereocenters. The summed E-state index contributed by atoms with van der Waals surface area (Å²) in [6, 6.07) is 30.7. The molecule has 2 heterocycles.